The number of fused-ring (bicyclic) bond motifs is 1. The molecular formula is C15H22O3. The van der Waals surface area contributed by atoms with Crippen molar-refractivity contribution in [2.45, 2.75) is 46.6 Å². The zero-order valence-corrected chi connectivity index (χ0v) is 11.6. The molecule has 0 saturated carbocycles. The van der Waals surface area contributed by atoms with E-state index in [4.69, 9.17) is 4.74 Å². The second-order valence-electron chi connectivity index (χ2n) is 6.00. The molecule has 0 radical (unpaired) electrons. The van der Waals surface area contributed by atoms with E-state index in [-0.39, 0.29) is 23.6 Å². The highest BCUT2D eigenvalue weighted by Crippen LogP contribution is 2.44. The van der Waals surface area contributed by atoms with Gasteiger partial charge in [0.25, 0.3) is 0 Å². The van der Waals surface area contributed by atoms with Crippen LogP contribution in [0, 0.1) is 23.7 Å². The third kappa shape index (κ3) is 2.23. The molecule has 1 aliphatic heterocycles. The predicted molar refractivity (Wildman–Crippen MR) is 68.9 cm³/mol. The summed E-state index contributed by atoms with van der Waals surface area (Å²) >= 11 is 0. The summed E-state index contributed by atoms with van der Waals surface area (Å²) in [6.07, 6.45) is 3.32. The fourth-order valence-corrected chi connectivity index (χ4v) is 3.31. The molecule has 2 aliphatic rings. The first-order valence-corrected chi connectivity index (χ1v) is 6.79. The maximum Gasteiger partial charge on any atom is 0.310 e. The quantitative estimate of drug-likeness (QED) is 0.559. The molecule has 0 aromatic heterocycles. The first-order chi connectivity index (χ1) is 8.41. The van der Waals surface area contributed by atoms with Gasteiger partial charge in [0, 0.05) is 0 Å². The SMILES string of the molecule is CC(=O)[C@H]1C[C@H]2C(C)=CC[C@H](C(C)C)[C@H]2C(=O)O1. The zero-order valence-electron chi connectivity index (χ0n) is 11.6. The molecule has 18 heavy (non-hydrogen) atoms. The molecule has 4 atom stereocenters. The van der Waals surface area contributed by atoms with E-state index >= 15 is 0 Å². The van der Waals surface area contributed by atoms with Gasteiger partial charge in [0.1, 0.15) is 0 Å². The van der Waals surface area contributed by atoms with Crippen LogP contribution < -0.4 is 0 Å². The largest absolute Gasteiger partial charge is 0.454 e. The molecule has 0 spiro atoms. The Labute approximate surface area is 109 Å². The van der Waals surface area contributed by atoms with Crippen LogP contribution >= 0.6 is 0 Å². The zero-order chi connectivity index (χ0) is 13.4. The number of carbonyl (C=O) groups is 2. The van der Waals surface area contributed by atoms with Crippen molar-refractivity contribution in [2.24, 2.45) is 23.7 Å². The molecular weight excluding hydrogens is 228 g/mol. The van der Waals surface area contributed by atoms with Crippen molar-refractivity contribution in [1.82, 2.24) is 0 Å². The van der Waals surface area contributed by atoms with Gasteiger partial charge < -0.3 is 4.74 Å². The van der Waals surface area contributed by atoms with Gasteiger partial charge in [0.2, 0.25) is 0 Å². The molecule has 1 saturated heterocycles. The minimum absolute atomic E-state index is 0.0405. The van der Waals surface area contributed by atoms with E-state index in [0.717, 1.165) is 6.42 Å². The van der Waals surface area contributed by atoms with Crippen molar-refractivity contribution in [3.8, 4) is 0 Å². The van der Waals surface area contributed by atoms with Crippen molar-refractivity contribution in [3.63, 3.8) is 0 Å². The number of ether oxygens (including phenoxy) is 1. The molecule has 0 N–H and O–H groups in total. The lowest BCUT2D eigenvalue weighted by atomic mass is 9.65. The maximum absolute atomic E-state index is 12.2. The Kier molecular flexibility index (Phi) is 3.60. The fraction of sp³-hybridized carbons (Fsp3) is 0.733. The Morgan fingerprint density at radius 1 is 1.44 bits per heavy atom. The fourth-order valence-electron chi connectivity index (χ4n) is 3.31. The molecule has 1 fully saturated rings. The van der Waals surface area contributed by atoms with Crippen LogP contribution in [0.1, 0.15) is 40.5 Å². The number of allylic oxidation sites excluding steroid dienone is 2. The number of carbonyl (C=O) groups excluding carboxylic acids is 2. The summed E-state index contributed by atoms with van der Waals surface area (Å²) in [5, 5.41) is 0. The van der Waals surface area contributed by atoms with Gasteiger partial charge in [-0.1, -0.05) is 25.5 Å². The average Bonchev–Trinajstić information content (AvgIpc) is 2.29. The second-order valence-corrected chi connectivity index (χ2v) is 6.00. The monoisotopic (exact) mass is 250 g/mol. The number of hydrogen-bond donors (Lipinski definition) is 0. The van der Waals surface area contributed by atoms with Crippen LogP contribution in [-0.4, -0.2) is 17.9 Å². The number of rotatable bonds is 2. The lowest BCUT2D eigenvalue weighted by molar-refractivity contribution is -0.172. The predicted octanol–water partition coefficient (Wildman–Crippen LogP) is 2.75. The number of hydrogen-bond acceptors (Lipinski definition) is 3. The normalized spacial score (nSPS) is 35.8. The first-order valence-electron chi connectivity index (χ1n) is 6.79. The Morgan fingerprint density at radius 2 is 2.11 bits per heavy atom. The summed E-state index contributed by atoms with van der Waals surface area (Å²) in [7, 11) is 0. The summed E-state index contributed by atoms with van der Waals surface area (Å²) in [4.78, 5) is 23.6. The topological polar surface area (TPSA) is 43.4 Å². The number of cyclic esters (lactones) is 1. The minimum atomic E-state index is -0.534. The van der Waals surface area contributed by atoms with Crippen molar-refractivity contribution in [1.29, 1.82) is 0 Å². The van der Waals surface area contributed by atoms with E-state index in [1.807, 2.05) is 0 Å². The van der Waals surface area contributed by atoms with E-state index in [9.17, 15) is 9.59 Å². The van der Waals surface area contributed by atoms with Crippen LogP contribution in [-0.2, 0) is 14.3 Å². The molecule has 100 valence electrons. The average molecular weight is 250 g/mol. The lowest BCUT2D eigenvalue weighted by Crippen LogP contribution is -2.46. The molecule has 0 unspecified atom stereocenters. The van der Waals surface area contributed by atoms with Crippen LogP contribution in [0.25, 0.3) is 0 Å². The molecule has 0 bridgehead atoms. The molecule has 2 rings (SSSR count). The van der Waals surface area contributed by atoms with E-state index in [1.165, 1.54) is 12.5 Å². The standard InChI is InChI=1S/C15H22O3/c1-8(2)11-6-5-9(3)12-7-13(10(4)16)18-15(17)14(11)12/h5,8,11-14H,6-7H2,1-4H3/t11-,12+,13-,14-/m1/s1. The first kappa shape index (κ1) is 13.3. The van der Waals surface area contributed by atoms with Crippen LogP contribution in [0.5, 0.6) is 0 Å². The molecule has 0 aromatic rings. The van der Waals surface area contributed by atoms with E-state index in [2.05, 4.69) is 26.8 Å². The van der Waals surface area contributed by atoms with Crippen molar-refractivity contribution in [3.05, 3.63) is 11.6 Å². The highest BCUT2D eigenvalue weighted by molar-refractivity contribution is 5.85. The van der Waals surface area contributed by atoms with Crippen LogP contribution in [0.4, 0.5) is 0 Å². The Morgan fingerprint density at radius 3 is 2.67 bits per heavy atom. The molecule has 1 heterocycles. The van der Waals surface area contributed by atoms with Gasteiger partial charge in [-0.05, 0) is 44.4 Å². The number of esters is 1. The van der Waals surface area contributed by atoms with Crippen molar-refractivity contribution in [2.75, 3.05) is 0 Å². The van der Waals surface area contributed by atoms with Crippen LogP contribution in [0.2, 0.25) is 0 Å². The summed E-state index contributed by atoms with van der Waals surface area (Å²) in [5.41, 5.74) is 1.25. The van der Waals surface area contributed by atoms with Crippen molar-refractivity contribution < 1.29 is 14.3 Å². The third-order valence-electron chi connectivity index (χ3n) is 4.50. The molecule has 1 aliphatic carbocycles. The Balaban J connectivity index is 2.28. The van der Waals surface area contributed by atoms with E-state index in [0.29, 0.717) is 18.3 Å². The van der Waals surface area contributed by atoms with Crippen molar-refractivity contribution >= 4 is 11.8 Å². The smallest absolute Gasteiger partial charge is 0.310 e. The van der Waals surface area contributed by atoms with Gasteiger partial charge in [-0.2, -0.15) is 0 Å². The summed E-state index contributed by atoms with van der Waals surface area (Å²) in [6, 6.07) is 0. The van der Waals surface area contributed by atoms with E-state index < -0.39 is 6.10 Å². The summed E-state index contributed by atoms with van der Waals surface area (Å²) in [5.74, 6) is 0.744. The van der Waals surface area contributed by atoms with Gasteiger partial charge in [-0.3, -0.25) is 9.59 Å². The second kappa shape index (κ2) is 4.87. The molecule has 0 aromatic carbocycles. The van der Waals surface area contributed by atoms with Gasteiger partial charge in [0.15, 0.2) is 11.9 Å². The Hall–Kier alpha value is -1.12. The third-order valence-corrected chi connectivity index (χ3v) is 4.50. The molecule has 0 amide bonds. The lowest BCUT2D eigenvalue weighted by Gasteiger charge is -2.42. The molecule has 3 heteroatoms. The number of ketones is 1. The van der Waals surface area contributed by atoms with E-state index in [1.54, 1.807) is 0 Å². The molecule has 3 nitrogen and oxygen atoms in total. The van der Waals surface area contributed by atoms with Gasteiger partial charge in [-0.25, -0.2) is 0 Å². The van der Waals surface area contributed by atoms with Crippen LogP contribution in [0.3, 0.4) is 0 Å². The summed E-state index contributed by atoms with van der Waals surface area (Å²) < 4.78 is 5.33. The Bertz CT molecular complexity index is 395. The van der Waals surface area contributed by atoms with Crippen LogP contribution in [0.15, 0.2) is 11.6 Å². The van der Waals surface area contributed by atoms with Gasteiger partial charge in [0.05, 0.1) is 5.92 Å². The van der Waals surface area contributed by atoms with Gasteiger partial charge >= 0.3 is 5.97 Å². The minimum Gasteiger partial charge on any atom is -0.454 e. The number of Topliss-reactive ketones (excluding diaryl/α,β-unsaturated/α-hetero) is 1. The maximum atomic E-state index is 12.2. The highest BCUT2D eigenvalue weighted by atomic mass is 16.5. The summed E-state index contributed by atoms with van der Waals surface area (Å²) in [6.45, 7) is 7.88. The van der Waals surface area contributed by atoms with Gasteiger partial charge in [-0.15, -0.1) is 0 Å². The highest BCUT2D eigenvalue weighted by Gasteiger charge is 2.46.